The molecule has 0 bridgehead atoms. The molecule has 1 N–H and O–H groups in total. The van der Waals surface area contributed by atoms with E-state index in [0.29, 0.717) is 18.3 Å². The molecule has 1 unspecified atom stereocenters. The summed E-state index contributed by atoms with van der Waals surface area (Å²) < 4.78 is 36.8. The number of hydrogen-bond acceptors (Lipinski definition) is 12. The third-order valence-corrected chi connectivity index (χ3v) is 9.71. The second-order valence-corrected chi connectivity index (χ2v) is 13.4. The molecule has 2 aromatic heterocycles. The van der Waals surface area contributed by atoms with Gasteiger partial charge in [-0.3, -0.25) is 9.69 Å². The molecule has 49 heavy (non-hydrogen) atoms. The number of carbonyl (C=O) groups is 1. The Labute approximate surface area is 285 Å². The molecule has 2 saturated heterocycles. The summed E-state index contributed by atoms with van der Waals surface area (Å²) in [7, 11) is 1.73. The van der Waals surface area contributed by atoms with Gasteiger partial charge in [-0.15, -0.1) is 5.10 Å². The lowest BCUT2D eigenvalue weighted by Gasteiger charge is -2.51. The first-order valence-corrected chi connectivity index (χ1v) is 17.4. The predicted octanol–water partition coefficient (Wildman–Crippen LogP) is 4.43. The molecular weight excluding hydrogens is 635 g/mol. The molecule has 13 nitrogen and oxygen atoms in total. The van der Waals surface area contributed by atoms with Crippen LogP contribution in [0.15, 0.2) is 36.8 Å². The summed E-state index contributed by atoms with van der Waals surface area (Å²) in [6.45, 7) is 14.4. The number of methoxy groups -OCH3 is 1. The van der Waals surface area contributed by atoms with Crippen LogP contribution < -0.4 is 26.2 Å². The number of aromatic nitrogens is 2. The molecule has 2 fully saturated rings. The molecule has 268 valence electrons. The van der Waals surface area contributed by atoms with Crippen LogP contribution in [0.5, 0.6) is 11.6 Å². The molecule has 1 aromatic carbocycles. The molecule has 14 heteroatoms. The second-order valence-electron chi connectivity index (χ2n) is 13.4. The van der Waals surface area contributed by atoms with Gasteiger partial charge in [-0.25, -0.2) is 14.0 Å². The molecular formula is C35H49FN6O7. The topological polar surface area (TPSA) is 143 Å². The van der Waals surface area contributed by atoms with Crippen molar-refractivity contribution < 1.29 is 27.5 Å². The van der Waals surface area contributed by atoms with Gasteiger partial charge in [0.1, 0.15) is 5.69 Å². The van der Waals surface area contributed by atoms with E-state index in [1.807, 2.05) is 13.8 Å². The summed E-state index contributed by atoms with van der Waals surface area (Å²) in [5, 5.41) is 11.8. The van der Waals surface area contributed by atoms with Crippen LogP contribution in [0.1, 0.15) is 76.6 Å². The number of fused-ring (bicyclic) bond motifs is 1. The molecule has 0 saturated carbocycles. The standard InChI is InChI=1S/C35H49FN6O7/c1-6-24(11-8-9-14-37-15-10-18-46-5)41-21-35(22-41)13-17-40(20-35)27-12-16-38-39-31(27)47-28-25(32(43)42(7-2)23(3)4)19-26(36)29-30(28)49-34(45)33(44)48-29/h12,16,19,23-24,37H,6-11,13-15,17-18,20-22H2,1-5H3. The summed E-state index contributed by atoms with van der Waals surface area (Å²) in [6, 6.07) is 3.05. The van der Waals surface area contributed by atoms with E-state index in [0.717, 1.165) is 77.6 Å². The van der Waals surface area contributed by atoms with E-state index in [4.69, 9.17) is 18.3 Å². The number of unbranched alkanes of at least 4 members (excludes halogenated alkanes) is 1. The van der Waals surface area contributed by atoms with Gasteiger partial charge >= 0.3 is 11.3 Å². The smallest absolute Gasteiger partial charge is 0.423 e. The van der Waals surface area contributed by atoms with Gasteiger partial charge in [-0.05, 0) is 78.1 Å². The number of anilines is 1. The second kappa shape index (κ2) is 16.2. The Bertz CT molecular complexity index is 1710. The first-order valence-electron chi connectivity index (χ1n) is 17.4. The van der Waals surface area contributed by atoms with E-state index >= 15 is 4.39 Å². The van der Waals surface area contributed by atoms with Gasteiger partial charge < -0.3 is 33.4 Å². The van der Waals surface area contributed by atoms with Crippen molar-refractivity contribution in [3.63, 3.8) is 0 Å². The minimum Gasteiger partial charge on any atom is -0.431 e. The monoisotopic (exact) mass is 684 g/mol. The van der Waals surface area contributed by atoms with Crippen LogP contribution in [0.25, 0.3) is 11.2 Å². The van der Waals surface area contributed by atoms with Crippen LogP contribution in [-0.4, -0.2) is 97.5 Å². The number of benzene rings is 1. The average molecular weight is 685 g/mol. The van der Waals surface area contributed by atoms with E-state index in [9.17, 15) is 14.4 Å². The lowest BCUT2D eigenvalue weighted by atomic mass is 9.77. The minimum absolute atomic E-state index is 0.0568. The van der Waals surface area contributed by atoms with E-state index in [-0.39, 0.29) is 28.6 Å². The van der Waals surface area contributed by atoms with Crippen LogP contribution >= 0.6 is 0 Å². The zero-order chi connectivity index (χ0) is 35.1. The summed E-state index contributed by atoms with van der Waals surface area (Å²) in [5.74, 6) is -1.81. The maximum atomic E-state index is 15.3. The van der Waals surface area contributed by atoms with Crippen molar-refractivity contribution in [1.82, 2.24) is 25.3 Å². The Balaban J connectivity index is 1.32. The first-order chi connectivity index (χ1) is 23.6. The Morgan fingerprint density at radius 1 is 1.10 bits per heavy atom. The maximum absolute atomic E-state index is 15.3. The number of likely N-dealkylation sites (tertiary alicyclic amines) is 1. The normalized spacial score (nSPS) is 16.4. The van der Waals surface area contributed by atoms with Crippen molar-refractivity contribution in [2.45, 2.75) is 78.3 Å². The van der Waals surface area contributed by atoms with Gasteiger partial charge in [0.2, 0.25) is 11.2 Å². The molecule has 1 spiro atoms. The van der Waals surface area contributed by atoms with Crippen molar-refractivity contribution in [1.29, 1.82) is 0 Å². The molecule has 0 radical (unpaired) electrons. The Morgan fingerprint density at radius 3 is 2.53 bits per heavy atom. The number of carbonyl (C=O) groups excluding carboxylic acids is 1. The fraction of sp³-hybridized carbons (Fsp3) is 0.629. The van der Waals surface area contributed by atoms with Crippen LogP contribution in [0.3, 0.4) is 0 Å². The first kappa shape index (κ1) is 36.4. The minimum atomic E-state index is -1.37. The third kappa shape index (κ3) is 8.13. The molecule has 2 aliphatic heterocycles. The number of nitrogens with one attached hydrogen (secondary N) is 1. The van der Waals surface area contributed by atoms with Crippen molar-refractivity contribution in [3.8, 4) is 11.6 Å². The van der Waals surface area contributed by atoms with Crippen molar-refractivity contribution in [3.05, 3.63) is 50.6 Å². The Morgan fingerprint density at radius 2 is 1.84 bits per heavy atom. The summed E-state index contributed by atoms with van der Waals surface area (Å²) in [4.78, 5) is 44.2. The molecule has 0 aliphatic carbocycles. The van der Waals surface area contributed by atoms with Crippen LogP contribution in [-0.2, 0) is 4.74 Å². The van der Waals surface area contributed by atoms with Crippen LogP contribution in [0.4, 0.5) is 10.1 Å². The van der Waals surface area contributed by atoms with Gasteiger partial charge in [0.15, 0.2) is 11.6 Å². The third-order valence-electron chi connectivity index (χ3n) is 9.71. The highest BCUT2D eigenvalue weighted by Crippen LogP contribution is 2.45. The Hall–Kier alpha value is -3.88. The van der Waals surface area contributed by atoms with E-state index in [1.54, 1.807) is 26.3 Å². The quantitative estimate of drug-likeness (QED) is 0.159. The van der Waals surface area contributed by atoms with Gasteiger partial charge in [0.05, 0.1) is 11.8 Å². The fourth-order valence-electron chi connectivity index (χ4n) is 7.14. The highest BCUT2D eigenvalue weighted by molar-refractivity contribution is 6.01. The van der Waals surface area contributed by atoms with Gasteiger partial charge in [-0.1, -0.05) is 13.3 Å². The SMILES string of the molecule is CCC(CCCCNCCCOC)N1CC2(CCN(c3ccnnc3Oc3c(C(=O)N(CC)C(C)C)cc(F)c4oc(=O)c(=O)oc34)C2)C1. The highest BCUT2D eigenvalue weighted by atomic mass is 19.1. The molecule has 2 aliphatic rings. The molecule has 5 rings (SSSR count). The summed E-state index contributed by atoms with van der Waals surface area (Å²) >= 11 is 0. The number of rotatable bonds is 17. The summed E-state index contributed by atoms with van der Waals surface area (Å²) in [6.07, 6.45) is 8.23. The van der Waals surface area contributed by atoms with Crippen LogP contribution in [0.2, 0.25) is 0 Å². The molecule has 4 heterocycles. The van der Waals surface area contributed by atoms with Crippen molar-refractivity contribution in [2.75, 3.05) is 64.4 Å². The molecule has 3 aromatic rings. The average Bonchev–Trinajstić information content (AvgIpc) is 3.52. The zero-order valence-electron chi connectivity index (χ0n) is 29.3. The van der Waals surface area contributed by atoms with Crippen LogP contribution in [0, 0.1) is 11.2 Å². The number of amides is 1. The maximum Gasteiger partial charge on any atom is 0.423 e. The number of nitrogens with zero attached hydrogens (tertiary/aromatic N) is 5. The van der Waals surface area contributed by atoms with Crippen molar-refractivity contribution in [2.24, 2.45) is 5.41 Å². The van der Waals surface area contributed by atoms with Gasteiger partial charge in [0, 0.05) is 63.9 Å². The number of halogens is 1. The van der Waals surface area contributed by atoms with E-state index in [2.05, 4.69) is 32.2 Å². The molecule has 1 amide bonds. The highest BCUT2D eigenvalue weighted by Gasteiger charge is 2.49. The number of ether oxygens (including phenoxy) is 2. The number of hydrogen-bond donors (Lipinski definition) is 1. The predicted molar refractivity (Wildman–Crippen MR) is 183 cm³/mol. The Kier molecular flexibility index (Phi) is 12.0. The summed E-state index contributed by atoms with van der Waals surface area (Å²) in [5.41, 5.74) is -3.28. The largest absolute Gasteiger partial charge is 0.431 e. The van der Waals surface area contributed by atoms with Crippen molar-refractivity contribution >= 4 is 22.8 Å². The fourth-order valence-corrected chi connectivity index (χ4v) is 7.14. The molecule has 1 atom stereocenters. The van der Waals surface area contributed by atoms with Gasteiger partial charge in [0.25, 0.3) is 11.8 Å². The zero-order valence-corrected chi connectivity index (χ0v) is 29.3. The van der Waals surface area contributed by atoms with E-state index < -0.39 is 34.1 Å². The van der Waals surface area contributed by atoms with E-state index in [1.165, 1.54) is 17.7 Å². The lowest BCUT2D eigenvalue weighted by Crippen LogP contribution is -2.60. The van der Waals surface area contributed by atoms with Gasteiger partial charge in [-0.2, -0.15) is 5.10 Å². The lowest BCUT2D eigenvalue weighted by molar-refractivity contribution is -0.0208.